The van der Waals surface area contributed by atoms with Crippen molar-refractivity contribution < 1.29 is 4.39 Å². The fraction of sp³-hybridized carbons (Fsp3) is 0.600. The molecule has 0 aliphatic heterocycles. The lowest BCUT2D eigenvalue weighted by Crippen LogP contribution is -2.27. The highest BCUT2D eigenvalue weighted by atomic mass is 19.1. The number of halogens is 1. The summed E-state index contributed by atoms with van der Waals surface area (Å²) in [7, 11) is 0. The summed E-state index contributed by atoms with van der Waals surface area (Å²) in [5.74, 6) is -0.180. The van der Waals surface area contributed by atoms with Crippen molar-refractivity contribution in [2.24, 2.45) is 5.73 Å². The molecule has 0 aromatic heterocycles. The van der Waals surface area contributed by atoms with Gasteiger partial charge in [0.1, 0.15) is 5.82 Å². The minimum atomic E-state index is -0.180. The van der Waals surface area contributed by atoms with E-state index in [9.17, 15) is 4.39 Å². The molecule has 1 aromatic carbocycles. The van der Waals surface area contributed by atoms with Gasteiger partial charge < -0.3 is 10.6 Å². The Balaban J connectivity index is 2.96. The molecule has 1 atom stereocenters. The molecular formula is C15H25FN2. The van der Waals surface area contributed by atoms with Gasteiger partial charge in [0.2, 0.25) is 0 Å². The number of hydrogen-bond acceptors (Lipinski definition) is 2. The molecule has 0 saturated carbocycles. The maximum absolute atomic E-state index is 13.4. The third-order valence-electron chi connectivity index (χ3n) is 3.09. The Hall–Kier alpha value is -1.09. The number of unbranched alkanes of at least 4 members (excludes halogenated alkanes) is 1. The van der Waals surface area contributed by atoms with E-state index in [4.69, 9.17) is 5.73 Å². The average molecular weight is 252 g/mol. The quantitative estimate of drug-likeness (QED) is 0.806. The second kappa shape index (κ2) is 7.37. The molecule has 1 rings (SSSR count). The van der Waals surface area contributed by atoms with Crippen LogP contribution in [0.15, 0.2) is 18.2 Å². The van der Waals surface area contributed by atoms with Gasteiger partial charge in [0, 0.05) is 24.8 Å². The summed E-state index contributed by atoms with van der Waals surface area (Å²) >= 11 is 0. The van der Waals surface area contributed by atoms with Crippen LogP contribution >= 0.6 is 0 Å². The van der Waals surface area contributed by atoms with Crippen LogP contribution in [0.5, 0.6) is 0 Å². The van der Waals surface area contributed by atoms with Crippen LogP contribution in [0.1, 0.15) is 39.2 Å². The molecule has 1 unspecified atom stereocenters. The molecule has 0 heterocycles. The van der Waals surface area contributed by atoms with Crippen molar-refractivity contribution in [1.29, 1.82) is 0 Å². The fourth-order valence-electron chi connectivity index (χ4n) is 2.17. The molecule has 2 nitrogen and oxygen atoms in total. The molecule has 0 saturated heterocycles. The molecule has 3 heteroatoms. The minimum Gasteiger partial charge on any atom is -0.372 e. The third kappa shape index (κ3) is 4.30. The molecule has 1 aromatic rings. The lowest BCUT2D eigenvalue weighted by Gasteiger charge is -2.26. The van der Waals surface area contributed by atoms with Crippen LogP contribution in [-0.4, -0.2) is 19.1 Å². The Morgan fingerprint density at radius 2 is 2.06 bits per heavy atom. The van der Waals surface area contributed by atoms with Gasteiger partial charge in [0.05, 0.1) is 0 Å². The molecule has 0 aliphatic rings. The number of nitrogens with zero attached hydrogens (tertiary/aromatic N) is 1. The molecular weight excluding hydrogens is 227 g/mol. The van der Waals surface area contributed by atoms with Gasteiger partial charge in [-0.15, -0.1) is 0 Å². The Labute approximate surface area is 110 Å². The summed E-state index contributed by atoms with van der Waals surface area (Å²) in [5.41, 5.74) is 7.99. The predicted octanol–water partition coefficient (Wildman–Crippen LogP) is 3.34. The Morgan fingerprint density at radius 1 is 1.33 bits per heavy atom. The van der Waals surface area contributed by atoms with Crippen LogP contribution in [0.25, 0.3) is 0 Å². The highest BCUT2D eigenvalue weighted by Crippen LogP contribution is 2.23. The van der Waals surface area contributed by atoms with E-state index in [0.29, 0.717) is 0 Å². The zero-order valence-corrected chi connectivity index (χ0v) is 11.7. The highest BCUT2D eigenvalue weighted by molar-refractivity contribution is 5.54. The van der Waals surface area contributed by atoms with E-state index >= 15 is 0 Å². The Morgan fingerprint density at radius 3 is 2.61 bits per heavy atom. The van der Waals surface area contributed by atoms with Crippen molar-refractivity contribution in [2.75, 3.05) is 18.0 Å². The number of anilines is 1. The number of nitrogens with two attached hydrogens (primary N) is 1. The molecule has 2 N–H and O–H groups in total. The van der Waals surface area contributed by atoms with Crippen molar-refractivity contribution >= 4 is 5.69 Å². The van der Waals surface area contributed by atoms with E-state index in [2.05, 4.69) is 18.7 Å². The van der Waals surface area contributed by atoms with E-state index in [1.54, 1.807) is 6.07 Å². The van der Waals surface area contributed by atoms with Gasteiger partial charge in [-0.1, -0.05) is 13.3 Å². The summed E-state index contributed by atoms with van der Waals surface area (Å²) in [5, 5.41) is 0. The highest BCUT2D eigenvalue weighted by Gasteiger charge is 2.11. The SMILES string of the molecule is CCCCN(CC)c1ccc(F)cc1CC(C)N. The number of rotatable bonds is 7. The smallest absolute Gasteiger partial charge is 0.123 e. The first-order valence-electron chi connectivity index (χ1n) is 6.87. The lowest BCUT2D eigenvalue weighted by atomic mass is 10.0. The van der Waals surface area contributed by atoms with E-state index in [0.717, 1.165) is 37.2 Å². The standard InChI is InChI=1S/C15H25FN2/c1-4-6-9-18(5-2)15-8-7-14(16)11-13(15)10-12(3)17/h7-8,11-12H,4-6,9-10,17H2,1-3H3. The van der Waals surface area contributed by atoms with Gasteiger partial charge in [-0.25, -0.2) is 4.39 Å². The summed E-state index contributed by atoms with van der Waals surface area (Å²) in [4.78, 5) is 2.31. The molecule has 0 bridgehead atoms. The van der Waals surface area contributed by atoms with Gasteiger partial charge in [-0.05, 0) is 50.5 Å². The van der Waals surface area contributed by atoms with Crippen LogP contribution in [0, 0.1) is 5.82 Å². The van der Waals surface area contributed by atoms with Crippen molar-refractivity contribution in [3.05, 3.63) is 29.6 Å². The van der Waals surface area contributed by atoms with Crippen molar-refractivity contribution in [2.45, 2.75) is 46.1 Å². The summed E-state index contributed by atoms with van der Waals surface area (Å²) < 4.78 is 13.4. The first-order chi connectivity index (χ1) is 8.58. The van der Waals surface area contributed by atoms with Crippen molar-refractivity contribution in [1.82, 2.24) is 0 Å². The van der Waals surface area contributed by atoms with E-state index in [-0.39, 0.29) is 11.9 Å². The third-order valence-corrected chi connectivity index (χ3v) is 3.09. The average Bonchev–Trinajstić information content (AvgIpc) is 2.31. The Kier molecular flexibility index (Phi) is 6.13. The molecule has 102 valence electrons. The normalized spacial score (nSPS) is 12.5. The van der Waals surface area contributed by atoms with Crippen molar-refractivity contribution in [3.8, 4) is 0 Å². The van der Waals surface area contributed by atoms with Gasteiger partial charge in [0.25, 0.3) is 0 Å². The lowest BCUT2D eigenvalue weighted by molar-refractivity contribution is 0.621. The molecule has 18 heavy (non-hydrogen) atoms. The zero-order valence-electron chi connectivity index (χ0n) is 11.7. The van der Waals surface area contributed by atoms with Crippen LogP contribution in [0.3, 0.4) is 0 Å². The fourth-order valence-corrected chi connectivity index (χ4v) is 2.17. The van der Waals surface area contributed by atoms with Crippen LogP contribution < -0.4 is 10.6 Å². The van der Waals surface area contributed by atoms with Crippen LogP contribution in [-0.2, 0) is 6.42 Å². The largest absolute Gasteiger partial charge is 0.372 e. The van der Waals surface area contributed by atoms with Crippen molar-refractivity contribution in [3.63, 3.8) is 0 Å². The topological polar surface area (TPSA) is 29.3 Å². The van der Waals surface area contributed by atoms with Gasteiger partial charge in [-0.2, -0.15) is 0 Å². The predicted molar refractivity (Wildman–Crippen MR) is 76.5 cm³/mol. The molecule has 0 aliphatic carbocycles. The summed E-state index contributed by atoms with van der Waals surface area (Å²) in [6, 6.07) is 5.09. The summed E-state index contributed by atoms with van der Waals surface area (Å²) in [6.45, 7) is 8.23. The van der Waals surface area contributed by atoms with Crippen LogP contribution in [0.2, 0.25) is 0 Å². The van der Waals surface area contributed by atoms with E-state index < -0.39 is 0 Å². The van der Waals surface area contributed by atoms with Gasteiger partial charge >= 0.3 is 0 Å². The monoisotopic (exact) mass is 252 g/mol. The van der Waals surface area contributed by atoms with E-state index in [1.807, 2.05) is 13.0 Å². The molecule has 0 spiro atoms. The van der Waals surface area contributed by atoms with Crippen LogP contribution in [0.4, 0.5) is 10.1 Å². The molecule has 0 amide bonds. The maximum atomic E-state index is 13.4. The second-order valence-corrected chi connectivity index (χ2v) is 4.89. The molecule has 0 fully saturated rings. The first-order valence-corrected chi connectivity index (χ1v) is 6.87. The van der Waals surface area contributed by atoms with Gasteiger partial charge in [-0.3, -0.25) is 0 Å². The number of benzene rings is 1. The van der Waals surface area contributed by atoms with E-state index in [1.165, 1.54) is 12.5 Å². The first kappa shape index (κ1) is 15.0. The summed E-state index contributed by atoms with van der Waals surface area (Å²) in [6.07, 6.45) is 3.04. The van der Waals surface area contributed by atoms with Gasteiger partial charge in [0.15, 0.2) is 0 Å². The molecule has 0 radical (unpaired) electrons. The Bertz CT molecular complexity index is 364. The number of hydrogen-bond donors (Lipinski definition) is 1. The zero-order chi connectivity index (χ0) is 13.5. The minimum absolute atomic E-state index is 0.0513. The maximum Gasteiger partial charge on any atom is 0.123 e. The second-order valence-electron chi connectivity index (χ2n) is 4.89.